The highest BCUT2D eigenvalue weighted by Crippen LogP contribution is 2.15. The molecule has 5 nitrogen and oxygen atoms in total. The Labute approximate surface area is 391 Å². The van der Waals surface area contributed by atoms with Gasteiger partial charge in [-0.1, -0.05) is 261 Å². The minimum Gasteiger partial charge on any atom is -0.462 e. The zero-order valence-corrected chi connectivity index (χ0v) is 41.8. The van der Waals surface area contributed by atoms with Gasteiger partial charge < -0.3 is 14.2 Å². The van der Waals surface area contributed by atoms with Gasteiger partial charge in [0.2, 0.25) is 0 Å². The van der Waals surface area contributed by atoms with Crippen molar-refractivity contribution >= 4 is 11.9 Å². The van der Waals surface area contributed by atoms with E-state index in [0.29, 0.717) is 25.9 Å². The second kappa shape index (κ2) is 53.7. The molecule has 0 unspecified atom stereocenters. The summed E-state index contributed by atoms with van der Waals surface area (Å²) in [4.78, 5) is 25.4. The van der Waals surface area contributed by atoms with Crippen LogP contribution in [0.15, 0.2) is 72.9 Å². The van der Waals surface area contributed by atoms with Crippen LogP contribution in [0.3, 0.4) is 0 Å². The molecule has 0 fully saturated rings. The van der Waals surface area contributed by atoms with E-state index >= 15 is 0 Å². The van der Waals surface area contributed by atoms with Crippen LogP contribution in [0.25, 0.3) is 0 Å². The fraction of sp³-hybridized carbons (Fsp3) is 0.759. The van der Waals surface area contributed by atoms with Gasteiger partial charge in [0.1, 0.15) is 6.61 Å². The Bertz CT molecular complexity index is 1130. The third kappa shape index (κ3) is 51.9. The molecular weight excluding hydrogens is 777 g/mol. The van der Waals surface area contributed by atoms with Gasteiger partial charge in [0.15, 0.2) is 6.10 Å². The van der Waals surface area contributed by atoms with Crippen LogP contribution >= 0.6 is 0 Å². The number of hydrogen-bond donors (Lipinski definition) is 0. The van der Waals surface area contributed by atoms with E-state index < -0.39 is 6.10 Å². The molecule has 0 rings (SSSR count). The second-order valence-electron chi connectivity index (χ2n) is 17.8. The van der Waals surface area contributed by atoms with Crippen LogP contribution in [0.4, 0.5) is 0 Å². The standard InChI is InChI=1S/C58H102O5/c1-4-7-10-13-16-19-22-25-27-29-30-31-32-34-37-39-42-45-48-51-57(59)62-55-56(63-58(60)52-49-46-43-40-36-24-21-18-15-12-9-6-3)54-61-53-50-47-44-41-38-35-33-28-26-23-20-17-14-11-8-5-2/h7,10,16,19,25,27,30-31,34,37,42,45,56H,4-6,8-9,11-15,17-18,20-24,26,28-29,32-33,35-36,38-41,43-44,46-55H2,1-3H3/b10-7-,19-16-,27-25-,31-30-,37-34-,45-42-/t56-/m1/s1. The lowest BCUT2D eigenvalue weighted by Gasteiger charge is -2.18. The van der Waals surface area contributed by atoms with Crippen molar-refractivity contribution in [3.8, 4) is 0 Å². The minimum atomic E-state index is -0.564. The number of hydrogen-bond acceptors (Lipinski definition) is 5. The first-order chi connectivity index (χ1) is 31.1. The van der Waals surface area contributed by atoms with Crippen molar-refractivity contribution < 1.29 is 23.8 Å². The molecule has 0 aromatic rings. The molecular formula is C58H102O5. The lowest BCUT2D eigenvalue weighted by Crippen LogP contribution is -2.30. The first-order valence-electron chi connectivity index (χ1n) is 27.0. The van der Waals surface area contributed by atoms with Crippen molar-refractivity contribution in [2.75, 3.05) is 19.8 Å². The molecule has 0 radical (unpaired) electrons. The van der Waals surface area contributed by atoms with E-state index in [4.69, 9.17) is 14.2 Å². The summed E-state index contributed by atoms with van der Waals surface area (Å²) in [7, 11) is 0. The van der Waals surface area contributed by atoms with Crippen LogP contribution in [0.1, 0.15) is 258 Å². The maximum absolute atomic E-state index is 12.8. The van der Waals surface area contributed by atoms with Crippen LogP contribution in [0.5, 0.6) is 0 Å². The van der Waals surface area contributed by atoms with Crippen molar-refractivity contribution in [3.63, 3.8) is 0 Å². The summed E-state index contributed by atoms with van der Waals surface area (Å²) < 4.78 is 17.4. The number of rotatable bonds is 49. The number of carbonyl (C=O) groups is 2. The highest BCUT2D eigenvalue weighted by molar-refractivity contribution is 5.70. The molecule has 0 bridgehead atoms. The molecule has 63 heavy (non-hydrogen) atoms. The van der Waals surface area contributed by atoms with Gasteiger partial charge >= 0.3 is 11.9 Å². The first-order valence-corrected chi connectivity index (χ1v) is 27.0. The zero-order chi connectivity index (χ0) is 45.6. The first kappa shape index (κ1) is 60.3. The quantitative estimate of drug-likeness (QED) is 0.0346. The Kier molecular flexibility index (Phi) is 51.4. The monoisotopic (exact) mass is 879 g/mol. The minimum absolute atomic E-state index is 0.0473. The molecule has 0 amide bonds. The van der Waals surface area contributed by atoms with Crippen molar-refractivity contribution in [1.82, 2.24) is 0 Å². The van der Waals surface area contributed by atoms with Gasteiger partial charge in [-0.2, -0.15) is 0 Å². The molecule has 0 aliphatic rings. The second-order valence-corrected chi connectivity index (χ2v) is 17.8. The summed E-state index contributed by atoms with van der Waals surface area (Å²) in [6.07, 6.45) is 69.3. The van der Waals surface area contributed by atoms with E-state index in [2.05, 4.69) is 87.6 Å². The third-order valence-corrected chi connectivity index (χ3v) is 11.5. The summed E-state index contributed by atoms with van der Waals surface area (Å²) in [6, 6.07) is 0. The fourth-order valence-corrected chi connectivity index (χ4v) is 7.54. The maximum Gasteiger partial charge on any atom is 0.306 e. The Morgan fingerprint density at radius 1 is 0.365 bits per heavy atom. The van der Waals surface area contributed by atoms with Crippen molar-refractivity contribution in [2.24, 2.45) is 0 Å². The molecule has 0 saturated carbocycles. The SMILES string of the molecule is CC/C=C\C/C=C\C/C=C\C/C=C\C/C=C\C/C=C\CCC(=O)OC[C@@H](COCCCCCCCCCCCCCCCCCC)OC(=O)CCCCCCCCCCCCCC. The maximum atomic E-state index is 12.8. The number of esters is 2. The predicted octanol–water partition coefficient (Wildman–Crippen LogP) is 18.3. The Balaban J connectivity index is 4.34. The Morgan fingerprint density at radius 3 is 1.11 bits per heavy atom. The van der Waals surface area contributed by atoms with Gasteiger partial charge in [-0.15, -0.1) is 0 Å². The van der Waals surface area contributed by atoms with E-state index in [-0.39, 0.29) is 25.2 Å². The molecule has 0 aromatic heterocycles. The summed E-state index contributed by atoms with van der Waals surface area (Å²) in [5, 5.41) is 0. The Morgan fingerprint density at radius 2 is 0.714 bits per heavy atom. The smallest absolute Gasteiger partial charge is 0.306 e. The van der Waals surface area contributed by atoms with Crippen molar-refractivity contribution in [1.29, 1.82) is 0 Å². The van der Waals surface area contributed by atoms with E-state index in [1.165, 1.54) is 154 Å². The van der Waals surface area contributed by atoms with Gasteiger partial charge in [-0.3, -0.25) is 9.59 Å². The lowest BCUT2D eigenvalue weighted by molar-refractivity contribution is -0.162. The largest absolute Gasteiger partial charge is 0.462 e. The predicted molar refractivity (Wildman–Crippen MR) is 274 cm³/mol. The van der Waals surface area contributed by atoms with Crippen LogP contribution in [-0.2, 0) is 23.8 Å². The number of ether oxygens (including phenoxy) is 3. The van der Waals surface area contributed by atoms with Crippen molar-refractivity contribution in [2.45, 2.75) is 264 Å². The van der Waals surface area contributed by atoms with Crippen molar-refractivity contribution in [3.05, 3.63) is 72.9 Å². The summed E-state index contributed by atoms with van der Waals surface area (Å²) in [6.45, 7) is 7.67. The lowest BCUT2D eigenvalue weighted by atomic mass is 10.0. The summed E-state index contributed by atoms with van der Waals surface area (Å²) in [5.41, 5.74) is 0. The van der Waals surface area contributed by atoms with Gasteiger partial charge in [0, 0.05) is 19.4 Å². The summed E-state index contributed by atoms with van der Waals surface area (Å²) >= 11 is 0. The Hall–Kier alpha value is -2.66. The fourth-order valence-electron chi connectivity index (χ4n) is 7.54. The van der Waals surface area contributed by atoms with E-state index in [9.17, 15) is 9.59 Å². The molecule has 0 aromatic carbocycles. The highest BCUT2D eigenvalue weighted by atomic mass is 16.6. The zero-order valence-electron chi connectivity index (χ0n) is 41.8. The van der Waals surface area contributed by atoms with Gasteiger partial charge in [0.05, 0.1) is 6.61 Å². The van der Waals surface area contributed by atoms with Crippen LogP contribution < -0.4 is 0 Å². The van der Waals surface area contributed by atoms with E-state index in [1.807, 2.05) is 6.08 Å². The molecule has 5 heteroatoms. The summed E-state index contributed by atoms with van der Waals surface area (Å²) in [5.74, 6) is -0.485. The van der Waals surface area contributed by atoms with E-state index in [0.717, 1.165) is 64.2 Å². The van der Waals surface area contributed by atoms with Crippen LogP contribution in [0.2, 0.25) is 0 Å². The number of carbonyl (C=O) groups excluding carboxylic acids is 2. The average Bonchev–Trinajstić information content (AvgIpc) is 3.28. The van der Waals surface area contributed by atoms with E-state index in [1.54, 1.807) is 0 Å². The average molecular weight is 879 g/mol. The molecule has 1 atom stereocenters. The van der Waals surface area contributed by atoms with Gasteiger partial charge in [0.25, 0.3) is 0 Å². The molecule has 0 heterocycles. The highest BCUT2D eigenvalue weighted by Gasteiger charge is 2.17. The third-order valence-electron chi connectivity index (χ3n) is 11.5. The topological polar surface area (TPSA) is 61.8 Å². The van der Waals surface area contributed by atoms with Gasteiger partial charge in [-0.05, 0) is 57.8 Å². The van der Waals surface area contributed by atoms with Gasteiger partial charge in [-0.25, -0.2) is 0 Å². The van der Waals surface area contributed by atoms with Crippen LogP contribution in [0, 0.1) is 0 Å². The molecule has 0 aliphatic carbocycles. The number of allylic oxidation sites excluding steroid dienone is 12. The van der Waals surface area contributed by atoms with Crippen LogP contribution in [-0.4, -0.2) is 37.9 Å². The molecule has 0 spiro atoms. The molecule has 0 N–H and O–H groups in total. The normalized spacial score (nSPS) is 12.7. The molecule has 0 saturated heterocycles. The number of unbranched alkanes of at least 4 members (excludes halogenated alkanes) is 26. The molecule has 0 aliphatic heterocycles. The molecule has 364 valence electrons.